The van der Waals surface area contributed by atoms with E-state index in [9.17, 15) is 9.59 Å². The minimum atomic E-state index is -1.00. The molecule has 0 heterocycles. The third-order valence-electron chi connectivity index (χ3n) is 2.28. The van der Waals surface area contributed by atoms with Crippen LogP contribution in [0.15, 0.2) is 24.3 Å². The summed E-state index contributed by atoms with van der Waals surface area (Å²) in [5, 5.41) is 11.3. The number of carboxylic acids is 1. The molecular formula is C13H17NO4. The molecule has 0 saturated carbocycles. The van der Waals surface area contributed by atoms with Crippen molar-refractivity contribution in [3.05, 3.63) is 29.8 Å². The molecule has 1 atom stereocenters. The van der Waals surface area contributed by atoms with Gasteiger partial charge in [-0.15, -0.1) is 0 Å². The van der Waals surface area contributed by atoms with Gasteiger partial charge in [-0.1, -0.05) is 12.1 Å². The summed E-state index contributed by atoms with van der Waals surface area (Å²) in [5.74, 6) is -0.532. The standard InChI is InChI=1S/C13H17NO4/c1-9(14-10(2)15)7-11-3-5-12(6-4-11)18-8-13(16)17/h3-6,9H,7-8H2,1-2H3,(H,14,15)(H,16,17). The monoisotopic (exact) mass is 251 g/mol. The van der Waals surface area contributed by atoms with Crippen molar-refractivity contribution in [3.63, 3.8) is 0 Å². The van der Waals surface area contributed by atoms with Gasteiger partial charge in [0.15, 0.2) is 6.61 Å². The maximum atomic E-state index is 10.9. The maximum Gasteiger partial charge on any atom is 0.341 e. The molecule has 1 unspecified atom stereocenters. The van der Waals surface area contributed by atoms with E-state index in [-0.39, 0.29) is 18.6 Å². The number of aliphatic carboxylic acids is 1. The first-order valence-electron chi connectivity index (χ1n) is 5.68. The number of carboxylic acid groups (broad SMARTS) is 1. The minimum Gasteiger partial charge on any atom is -0.482 e. The molecule has 0 spiro atoms. The lowest BCUT2D eigenvalue weighted by atomic mass is 10.1. The molecule has 0 saturated heterocycles. The lowest BCUT2D eigenvalue weighted by Crippen LogP contribution is -2.31. The van der Waals surface area contributed by atoms with Crippen molar-refractivity contribution in [2.24, 2.45) is 0 Å². The molecule has 1 amide bonds. The predicted molar refractivity (Wildman–Crippen MR) is 66.6 cm³/mol. The average molecular weight is 251 g/mol. The van der Waals surface area contributed by atoms with Crippen molar-refractivity contribution in [2.45, 2.75) is 26.3 Å². The van der Waals surface area contributed by atoms with Crippen LogP contribution in [0, 0.1) is 0 Å². The number of hydrogen-bond acceptors (Lipinski definition) is 3. The van der Waals surface area contributed by atoms with E-state index in [0.29, 0.717) is 5.75 Å². The van der Waals surface area contributed by atoms with Crippen LogP contribution in [0.5, 0.6) is 5.75 Å². The van der Waals surface area contributed by atoms with Gasteiger partial charge in [-0.3, -0.25) is 4.79 Å². The van der Waals surface area contributed by atoms with E-state index in [1.165, 1.54) is 6.92 Å². The van der Waals surface area contributed by atoms with Crippen molar-refractivity contribution in [1.29, 1.82) is 0 Å². The van der Waals surface area contributed by atoms with Crippen LogP contribution in [-0.2, 0) is 16.0 Å². The summed E-state index contributed by atoms with van der Waals surface area (Å²) in [6.07, 6.45) is 0.721. The number of nitrogens with one attached hydrogen (secondary N) is 1. The third-order valence-corrected chi connectivity index (χ3v) is 2.28. The van der Waals surface area contributed by atoms with Crippen LogP contribution in [0.3, 0.4) is 0 Å². The van der Waals surface area contributed by atoms with Gasteiger partial charge in [0, 0.05) is 13.0 Å². The smallest absolute Gasteiger partial charge is 0.341 e. The Balaban J connectivity index is 2.49. The number of rotatable bonds is 6. The van der Waals surface area contributed by atoms with E-state index in [2.05, 4.69) is 5.32 Å². The van der Waals surface area contributed by atoms with E-state index in [1.807, 2.05) is 19.1 Å². The van der Waals surface area contributed by atoms with E-state index >= 15 is 0 Å². The Morgan fingerprint density at radius 2 is 1.94 bits per heavy atom. The summed E-state index contributed by atoms with van der Waals surface area (Å²) in [5.41, 5.74) is 1.05. The van der Waals surface area contributed by atoms with Gasteiger partial charge in [0.2, 0.25) is 5.91 Å². The molecule has 0 aromatic heterocycles. The summed E-state index contributed by atoms with van der Waals surface area (Å²) in [7, 11) is 0. The van der Waals surface area contributed by atoms with Crippen LogP contribution in [0.4, 0.5) is 0 Å². The first kappa shape index (κ1) is 14.0. The van der Waals surface area contributed by atoms with Gasteiger partial charge in [0.1, 0.15) is 5.75 Å². The highest BCUT2D eigenvalue weighted by atomic mass is 16.5. The second-order valence-electron chi connectivity index (χ2n) is 4.13. The van der Waals surface area contributed by atoms with Crippen molar-refractivity contribution in [3.8, 4) is 5.75 Å². The average Bonchev–Trinajstić information content (AvgIpc) is 2.26. The SMILES string of the molecule is CC(=O)NC(C)Cc1ccc(OCC(=O)O)cc1. The molecule has 0 aliphatic carbocycles. The quantitative estimate of drug-likeness (QED) is 0.797. The summed E-state index contributed by atoms with van der Waals surface area (Å²) < 4.78 is 5.02. The van der Waals surface area contributed by atoms with Gasteiger partial charge in [-0.25, -0.2) is 4.79 Å². The van der Waals surface area contributed by atoms with Gasteiger partial charge in [-0.05, 0) is 31.0 Å². The Morgan fingerprint density at radius 1 is 1.33 bits per heavy atom. The number of amides is 1. The van der Waals surface area contributed by atoms with Gasteiger partial charge in [0.05, 0.1) is 0 Å². The van der Waals surface area contributed by atoms with Crippen LogP contribution < -0.4 is 10.1 Å². The van der Waals surface area contributed by atoms with Crippen LogP contribution >= 0.6 is 0 Å². The lowest BCUT2D eigenvalue weighted by Gasteiger charge is -2.12. The number of carbonyl (C=O) groups is 2. The van der Waals surface area contributed by atoms with Gasteiger partial charge < -0.3 is 15.2 Å². The van der Waals surface area contributed by atoms with Crippen LogP contribution in [-0.4, -0.2) is 29.6 Å². The molecule has 0 radical (unpaired) electrons. The van der Waals surface area contributed by atoms with E-state index in [1.54, 1.807) is 12.1 Å². The molecule has 0 fully saturated rings. The second-order valence-corrected chi connectivity index (χ2v) is 4.13. The fourth-order valence-electron chi connectivity index (χ4n) is 1.62. The molecule has 5 nitrogen and oxygen atoms in total. The third kappa shape index (κ3) is 5.34. The van der Waals surface area contributed by atoms with Gasteiger partial charge in [-0.2, -0.15) is 0 Å². The fourth-order valence-corrected chi connectivity index (χ4v) is 1.62. The Bertz CT molecular complexity index is 414. The topological polar surface area (TPSA) is 75.6 Å². The Morgan fingerprint density at radius 3 is 2.44 bits per heavy atom. The lowest BCUT2D eigenvalue weighted by molar-refractivity contribution is -0.139. The number of benzene rings is 1. The Hall–Kier alpha value is -2.04. The van der Waals surface area contributed by atoms with Crippen LogP contribution in [0.25, 0.3) is 0 Å². The first-order chi connectivity index (χ1) is 8.47. The van der Waals surface area contributed by atoms with Crippen molar-refractivity contribution < 1.29 is 19.4 Å². The summed E-state index contributed by atoms with van der Waals surface area (Å²) in [6.45, 7) is 3.07. The van der Waals surface area contributed by atoms with Crippen LogP contribution in [0.2, 0.25) is 0 Å². The Kier molecular flexibility index (Phi) is 5.17. The molecular weight excluding hydrogens is 234 g/mol. The van der Waals surface area contributed by atoms with Crippen molar-refractivity contribution >= 4 is 11.9 Å². The fraction of sp³-hybridized carbons (Fsp3) is 0.385. The molecule has 1 rings (SSSR count). The zero-order valence-corrected chi connectivity index (χ0v) is 10.5. The molecule has 2 N–H and O–H groups in total. The predicted octanol–water partition coefficient (Wildman–Crippen LogP) is 1.22. The normalized spacial score (nSPS) is 11.7. The van der Waals surface area contributed by atoms with Gasteiger partial charge >= 0.3 is 5.97 Å². The summed E-state index contributed by atoms with van der Waals surface area (Å²) in [6, 6.07) is 7.22. The first-order valence-corrected chi connectivity index (χ1v) is 5.68. The number of ether oxygens (including phenoxy) is 1. The van der Waals surface area contributed by atoms with Crippen LogP contribution in [0.1, 0.15) is 19.4 Å². The van der Waals surface area contributed by atoms with E-state index in [4.69, 9.17) is 9.84 Å². The van der Waals surface area contributed by atoms with Crippen molar-refractivity contribution in [2.75, 3.05) is 6.61 Å². The maximum absolute atomic E-state index is 10.9. The zero-order valence-electron chi connectivity index (χ0n) is 10.5. The molecule has 1 aromatic carbocycles. The summed E-state index contributed by atoms with van der Waals surface area (Å²) >= 11 is 0. The largest absolute Gasteiger partial charge is 0.482 e. The highest BCUT2D eigenvalue weighted by Gasteiger charge is 2.05. The molecule has 18 heavy (non-hydrogen) atoms. The number of hydrogen-bond donors (Lipinski definition) is 2. The zero-order chi connectivity index (χ0) is 13.5. The highest BCUT2D eigenvalue weighted by molar-refractivity contribution is 5.73. The number of carbonyl (C=O) groups excluding carboxylic acids is 1. The van der Waals surface area contributed by atoms with Crippen molar-refractivity contribution in [1.82, 2.24) is 5.32 Å². The Labute approximate surface area is 106 Å². The molecule has 98 valence electrons. The molecule has 0 aliphatic heterocycles. The second kappa shape index (κ2) is 6.64. The molecule has 5 heteroatoms. The van der Waals surface area contributed by atoms with Gasteiger partial charge in [0.25, 0.3) is 0 Å². The summed E-state index contributed by atoms with van der Waals surface area (Å²) in [4.78, 5) is 21.2. The highest BCUT2D eigenvalue weighted by Crippen LogP contribution is 2.13. The van der Waals surface area contributed by atoms with E-state index < -0.39 is 5.97 Å². The van der Waals surface area contributed by atoms with E-state index in [0.717, 1.165) is 12.0 Å². The minimum absolute atomic E-state index is 0.0519. The molecule has 1 aromatic rings. The molecule has 0 aliphatic rings. The molecule has 0 bridgehead atoms.